The number of anilines is 1. The Hall–Kier alpha value is -3.28. The number of amides is 1. The number of benzene rings is 2. The summed E-state index contributed by atoms with van der Waals surface area (Å²) >= 11 is 0. The first-order valence-electron chi connectivity index (χ1n) is 8.29. The van der Waals surface area contributed by atoms with Crippen molar-refractivity contribution in [1.29, 1.82) is 0 Å². The molecule has 0 spiro atoms. The lowest BCUT2D eigenvalue weighted by atomic mass is 10.1. The second kappa shape index (κ2) is 8.20. The summed E-state index contributed by atoms with van der Waals surface area (Å²) in [5.74, 6) is 1.48. The molecule has 0 aliphatic heterocycles. The summed E-state index contributed by atoms with van der Waals surface area (Å²) in [5.41, 5.74) is 2.32. The maximum absolute atomic E-state index is 12.2. The van der Waals surface area contributed by atoms with Gasteiger partial charge in [0.15, 0.2) is 18.1 Å². The van der Waals surface area contributed by atoms with Crippen molar-refractivity contribution in [2.75, 3.05) is 19.0 Å². The number of hydrogen-bond acceptors (Lipinski definition) is 4. The number of para-hydroxylation sites is 2. The molecular weight excluding hydrogens is 330 g/mol. The zero-order chi connectivity index (χ0) is 18.4. The van der Waals surface area contributed by atoms with Crippen LogP contribution in [0.3, 0.4) is 0 Å². The molecule has 1 aromatic heterocycles. The molecule has 0 bridgehead atoms. The molecule has 2 aromatic carbocycles. The van der Waals surface area contributed by atoms with E-state index in [0.29, 0.717) is 23.9 Å². The number of carbonyl (C=O) groups excluding carboxylic acids is 1. The number of aromatic nitrogens is 2. The fourth-order valence-electron chi connectivity index (χ4n) is 2.49. The standard InChI is InChI=1S/C20H21N3O3/c1-15-7-9-16(10-8-15)13-23-19(11-12-21-23)22-20(24)14-26-18-6-4-3-5-17(18)25-2/h3-12H,13-14H2,1-2H3,(H,22,24). The van der Waals surface area contributed by atoms with Gasteiger partial charge in [0.25, 0.3) is 5.91 Å². The van der Waals surface area contributed by atoms with Gasteiger partial charge in [-0.25, -0.2) is 4.68 Å². The quantitative estimate of drug-likeness (QED) is 0.709. The predicted octanol–water partition coefficient (Wildman–Crippen LogP) is 3.27. The van der Waals surface area contributed by atoms with E-state index < -0.39 is 0 Å². The van der Waals surface area contributed by atoms with Crippen molar-refractivity contribution in [3.05, 3.63) is 71.9 Å². The van der Waals surface area contributed by atoms with E-state index in [1.165, 1.54) is 5.56 Å². The van der Waals surface area contributed by atoms with Crippen molar-refractivity contribution < 1.29 is 14.3 Å². The van der Waals surface area contributed by atoms with Crippen molar-refractivity contribution in [3.8, 4) is 11.5 Å². The van der Waals surface area contributed by atoms with Crippen molar-refractivity contribution in [2.24, 2.45) is 0 Å². The van der Waals surface area contributed by atoms with Crippen LogP contribution in [-0.4, -0.2) is 29.4 Å². The third kappa shape index (κ3) is 4.42. The summed E-state index contributed by atoms with van der Waals surface area (Å²) in [5, 5.41) is 7.10. The molecule has 26 heavy (non-hydrogen) atoms. The number of rotatable bonds is 7. The molecule has 1 heterocycles. The lowest BCUT2D eigenvalue weighted by molar-refractivity contribution is -0.118. The van der Waals surface area contributed by atoms with Gasteiger partial charge in [-0.05, 0) is 24.6 Å². The number of ether oxygens (including phenoxy) is 2. The van der Waals surface area contributed by atoms with E-state index in [2.05, 4.69) is 22.5 Å². The fraction of sp³-hybridized carbons (Fsp3) is 0.200. The third-order valence-corrected chi connectivity index (χ3v) is 3.86. The van der Waals surface area contributed by atoms with Crippen LogP contribution >= 0.6 is 0 Å². The molecule has 0 fully saturated rings. The SMILES string of the molecule is COc1ccccc1OCC(=O)Nc1ccnn1Cc1ccc(C)cc1. The molecule has 3 rings (SSSR count). The fourth-order valence-corrected chi connectivity index (χ4v) is 2.49. The second-order valence-corrected chi connectivity index (χ2v) is 5.85. The molecule has 134 valence electrons. The Kier molecular flexibility index (Phi) is 5.53. The monoisotopic (exact) mass is 351 g/mol. The first-order valence-corrected chi connectivity index (χ1v) is 8.29. The van der Waals surface area contributed by atoms with Crippen LogP contribution in [0.25, 0.3) is 0 Å². The lowest BCUT2D eigenvalue weighted by Crippen LogP contribution is -2.22. The Morgan fingerprint density at radius 3 is 2.54 bits per heavy atom. The average Bonchev–Trinajstić information content (AvgIpc) is 3.08. The minimum absolute atomic E-state index is 0.115. The summed E-state index contributed by atoms with van der Waals surface area (Å²) in [6.45, 7) is 2.51. The van der Waals surface area contributed by atoms with Gasteiger partial charge in [-0.3, -0.25) is 4.79 Å². The van der Waals surface area contributed by atoms with Crippen LogP contribution in [0.2, 0.25) is 0 Å². The topological polar surface area (TPSA) is 65.4 Å². The normalized spacial score (nSPS) is 10.4. The highest BCUT2D eigenvalue weighted by atomic mass is 16.5. The molecule has 0 radical (unpaired) electrons. The van der Waals surface area contributed by atoms with Gasteiger partial charge in [-0.15, -0.1) is 0 Å². The van der Waals surface area contributed by atoms with Gasteiger partial charge < -0.3 is 14.8 Å². The lowest BCUT2D eigenvalue weighted by Gasteiger charge is -2.12. The Morgan fingerprint density at radius 2 is 1.81 bits per heavy atom. The highest BCUT2D eigenvalue weighted by molar-refractivity contribution is 5.91. The molecule has 3 aromatic rings. The van der Waals surface area contributed by atoms with Gasteiger partial charge in [-0.1, -0.05) is 42.0 Å². The number of hydrogen-bond donors (Lipinski definition) is 1. The molecule has 0 atom stereocenters. The highest BCUT2D eigenvalue weighted by Crippen LogP contribution is 2.25. The van der Waals surface area contributed by atoms with Crippen LogP contribution in [0.4, 0.5) is 5.82 Å². The van der Waals surface area contributed by atoms with Gasteiger partial charge in [0.1, 0.15) is 5.82 Å². The Balaban J connectivity index is 1.60. The predicted molar refractivity (Wildman–Crippen MR) is 99.6 cm³/mol. The van der Waals surface area contributed by atoms with Crippen molar-refractivity contribution in [3.63, 3.8) is 0 Å². The molecule has 0 unspecified atom stereocenters. The van der Waals surface area contributed by atoms with E-state index in [9.17, 15) is 4.79 Å². The van der Waals surface area contributed by atoms with Crippen LogP contribution in [0.5, 0.6) is 11.5 Å². The Morgan fingerprint density at radius 1 is 1.08 bits per heavy atom. The van der Waals surface area contributed by atoms with Crippen LogP contribution < -0.4 is 14.8 Å². The highest BCUT2D eigenvalue weighted by Gasteiger charge is 2.10. The largest absolute Gasteiger partial charge is 0.493 e. The summed E-state index contributed by atoms with van der Waals surface area (Å²) in [6.07, 6.45) is 1.66. The average molecular weight is 351 g/mol. The smallest absolute Gasteiger partial charge is 0.263 e. The van der Waals surface area contributed by atoms with E-state index >= 15 is 0 Å². The van der Waals surface area contributed by atoms with Gasteiger partial charge >= 0.3 is 0 Å². The van der Waals surface area contributed by atoms with Gasteiger partial charge in [-0.2, -0.15) is 5.10 Å². The van der Waals surface area contributed by atoms with E-state index in [1.807, 2.05) is 31.2 Å². The van der Waals surface area contributed by atoms with Gasteiger partial charge in [0.2, 0.25) is 0 Å². The number of methoxy groups -OCH3 is 1. The zero-order valence-electron chi connectivity index (χ0n) is 14.8. The first kappa shape index (κ1) is 17.5. The van der Waals surface area contributed by atoms with Crippen LogP contribution in [0, 0.1) is 6.92 Å². The zero-order valence-corrected chi connectivity index (χ0v) is 14.8. The molecule has 0 saturated heterocycles. The summed E-state index contributed by atoms with van der Waals surface area (Å²) in [4.78, 5) is 12.2. The molecule has 0 aliphatic carbocycles. The second-order valence-electron chi connectivity index (χ2n) is 5.85. The molecule has 6 heteroatoms. The molecule has 1 N–H and O–H groups in total. The third-order valence-electron chi connectivity index (χ3n) is 3.86. The minimum atomic E-state index is -0.262. The Labute approximate surface area is 152 Å². The van der Waals surface area contributed by atoms with E-state index in [-0.39, 0.29) is 12.5 Å². The summed E-state index contributed by atoms with van der Waals surface area (Å²) in [7, 11) is 1.56. The number of nitrogens with zero attached hydrogens (tertiary/aromatic N) is 2. The van der Waals surface area contributed by atoms with Crippen molar-refractivity contribution in [1.82, 2.24) is 9.78 Å². The number of aryl methyl sites for hydroxylation is 1. The number of carbonyl (C=O) groups is 1. The van der Waals surface area contributed by atoms with Crippen LogP contribution in [0.1, 0.15) is 11.1 Å². The minimum Gasteiger partial charge on any atom is -0.493 e. The Bertz CT molecular complexity index is 872. The van der Waals surface area contributed by atoms with Crippen molar-refractivity contribution >= 4 is 11.7 Å². The number of nitrogens with one attached hydrogen (secondary N) is 1. The van der Waals surface area contributed by atoms with Crippen LogP contribution in [-0.2, 0) is 11.3 Å². The van der Waals surface area contributed by atoms with Gasteiger partial charge in [0.05, 0.1) is 19.9 Å². The maximum Gasteiger partial charge on any atom is 0.263 e. The molecule has 1 amide bonds. The molecule has 6 nitrogen and oxygen atoms in total. The summed E-state index contributed by atoms with van der Waals surface area (Å²) in [6, 6.07) is 17.2. The van der Waals surface area contributed by atoms with Crippen LogP contribution in [0.15, 0.2) is 60.8 Å². The maximum atomic E-state index is 12.2. The van der Waals surface area contributed by atoms with E-state index in [0.717, 1.165) is 5.56 Å². The van der Waals surface area contributed by atoms with Crippen molar-refractivity contribution in [2.45, 2.75) is 13.5 Å². The molecular formula is C20H21N3O3. The van der Waals surface area contributed by atoms with Gasteiger partial charge in [0, 0.05) is 6.07 Å². The molecule has 0 saturated carbocycles. The van der Waals surface area contributed by atoms with E-state index in [1.54, 1.807) is 36.2 Å². The van der Waals surface area contributed by atoms with E-state index in [4.69, 9.17) is 9.47 Å². The molecule has 0 aliphatic rings. The summed E-state index contributed by atoms with van der Waals surface area (Å²) < 4.78 is 12.5. The first-order chi connectivity index (χ1) is 12.7.